The van der Waals surface area contributed by atoms with Crippen LogP contribution in [0.4, 0.5) is 14.5 Å². The summed E-state index contributed by atoms with van der Waals surface area (Å²) in [7, 11) is 0.839. The summed E-state index contributed by atoms with van der Waals surface area (Å²) in [5, 5.41) is 2.98. The van der Waals surface area contributed by atoms with Crippen molar-refractivity contribution in [1.82, 2.24) is 9.62 Å². The molecule has 1 amide bonds. The van der Waals surface area contributed by atoms with Crippen LogP contribution >= 0.6 is 23.4 Å². The maximum Gasteiger partial charge on any atom is 0.265 e. The van der Waals surface area contributed by atoms with E-state index in [4.69, 9.17) is 16.3 Å². The number of thioether (sulfide) groups is 1. The minimum atomic E-state index is -4.39. The van der Waals surface area contributed by atoms with Crippen molar-refractivity contribution in [1.29, 1.82) is 0 Å². The van der Waals surface area contributed by atoms with E-state index in [1.54, 1.807) is 12.1 Å². The minimum absolute atomic E-state index is 0.0268. The molecule has 1 atom stereocenters. The summed E-state index contributed by atoms with van der Waals surface area (Å²) in [4.78, 5) is 15.3. The molecule has 0 heterocycles. The first-order valence-corrected chi connectivity index (χ1v) is 15.2. The Labute approximate surface area is 232 Å². The van der Waals surface area contributed by atoms with Gasteiger partial charge in [0.05, 0.1) is 15.6 Å². The molecule has 0 bridgehead atoms. The van der Waals surface area contributed by atoms with E-state index in [-0.39, 0.29) is 22.6 Å². The van der Waals surface area contributed by atoms with Gasteiger partial charge < -0.3 is 15.0 Å². The molecular formula is C26H34ClF2N3O4S2. The summed E-state index contributed by atoms with van der Waals surface area (Å²) in [5.41, 5.74) is -1.25. The Kier molecular flexibility index (Phi) is 10.8. The molecule has 12 heteroatoms. The van der Waals surface area contributed by atoms with Crippen molar-refractivity contribution in [3.63, 3.8) is 0 Å². The topological polar surface area (TPSA) is 87.7 Å². The molecule has 1 saturated carbocycles. The first-order valence-electron chi connectivity index (χ1n) is 12.4. The van der Waals surface area contributed by atoms with Crippen LogP contribution in [0.1, 0.15) is 38.5 Å². The first-order chi connectivity index (χ1) is 18.0. The van der Waals surface area contributed by atoms with Crippen molar-refractivity contribution >= 4 is 45.0 Å². The number of amides is 1. The molecule has 1 aliphatic rings. The molecule has 0 aliphatic heterocycles. The second-order valence-electron chi connectivity index (χ2n) is 9.65. The number of halogens is 3. The van der Waals surface area contributed by atoms with Crippen LogP contribution in [-0.4, -0.2) is 64.4 Å². The zero-order chi connectivity index (χ0) is 27.9. The molecule has 2 aromatic rings. The van der Waals surface area contributed by atoms with Gasteiger partial charge in [0.1, 0.15) is 17.2 Å². The molecule has 0 spiro atoms. The van der Waals surface area contributed by atoms with Gasteiger partial charge >= 0.3 is 0 Å². The second-order valence-corrected chi connectivity index (χ2v) is 12.8. The fourth-order valence-electron chi connectivity index (χ4n) is 4.31. The van der Waals surface area contributed by atoms with Crippen molar-refractivity contribution < 1.29 is 26.7 Å². The number of sulfonamides is 1. The minimum Gasteiger partial charge on any atom is -0.378 e. The quantitative estimate of drug-likeness (QED) is 0.325. The number of hydrogen-bond donors (Lipinski definition) is 2. The highest BCUT2D eigenvalue weighted by Gasteiger charge is 2.41. The SMILES string of the molecule is COC1(C(=O)NS(=O)(=O)c2cc(F)c(N[C@H](CCN(C)C)CSc3ccc(F)cc3)c(Cl)c2)CCCCC1. The van der Waals surface area contributed by atoms with Gasteiger partial charge in [-0.2, -0.15) is 0 Å². The number of anilines is 1. The molecule has 1 fully saturated rings. The van der Waals surface area contributed by atoms with Gasteiger partial charge in [0.2, 0.25) is 0 Å². The Hall–Kier alpha value is -1.92. The standard InChI is InChI=1S/C26H34ClF2N3O4S2/c1-32(2)14-11-19(17-37-20-9-7-18(28)8-10-20)30-24-22(27)15-21(16-23(24)29)38(34,35)31-25(33)26(36-3)12-5-4-6-13-26/h7-10,15-16,19,30H,4-6,11-14,17H2,1-3H3,(H,31,33)/t19-/m1/s1. The molecule has 0 unspecified atom stereocenters. The van der Waals surface area contributed by atoms with Gasteiger partial charge in [-0.3, -0.25) is 4.79 Å². The summed E-state index contributed by atoms with van der Waals surface area (Å²) < 4.78 is 61.9. The van der Waals surface area contributed by atoms with Crippen molar-refractivity contribution in [3.05, 3.63) is 53.1 Å². The van der Waals surface area contributed by atoms with Crippen LogP contribution in [0, 0.1) is 11.6 Å². The van der Waals surface area contributed by atoms with Crippen LogP contribution in [0.2, 0.25) is 5.02 Å². The second kappa shape index (κ2) is 13.4. The number of carbonyl (C=O) groups excluding carboxylic acids is 1. The van der Waals surface area contributed by atoms with Crippen LogP contribution in [0.5, 0.6) is 0 Å². The van der Waals surface area contributed by atoms with Gasteiger partial charge in [-0.25, -0.2) is 21.9 Å². The third-order valence-corrected chi connectivity index (χ3v) is 9.34. The van der Waals surface area contributed by atoms with E-state index in [9.17, 15) is 17.6 Å². The van der Waals surface area contributed by atoms with E-state index in [2.05, 4.69) is 10.0 Å². The number of carbonyl (C=O) groups is 1. The van der Waals surface area contributed by atoms with Crippen molar-refractivity contribution in [2.75, 3.05) is 38.8 Å². The predicted molar refractivity (Wildman–Crippen MR) is 147 cm³/mol. The Balaban J connectivity index is 1.77. The average Bonchev–Trinajstić information content (AvgIpc) is 2.88. The van der Waals surface area contributed by atoms with Gasteiger partial charge in [0.15, 0.2) is 0 Å². The van der Waals surface area contributed by atoms with Crippen LogP contribution in [-0.2, 0) is 19.6 Å². The lowest BCUT2D eigenvalue weighted by Crippen LogP contribution is -2.51. The van der Waals surface area contributed by atoms with Crippen molar-refractivity contribution in [3.8, 4) is 0 Å². The highest BCUT2D eigenvalue weighted by Crippen LogP contribution is 2.33. The number of nitrogens with zero attached hydrogens (tertiary/aromatic N) is 1. The van der Waals surface area contributed by atoms with E-state index < -0.39 is 32.2 Å². The van der Waals surface area contributed by atoms with Crippen LogP contribution < -0.4 is 10.0 Å². The number of benzene rings is 2. The van der Waals surface area contributed by atoms with Crippen molar-refractivity contribution in [2.45, 2.75) is 60.0 Å². The van der Waals surface area contributed by atoms with Gasteiger partial charge in [-0.1, -0.05) is 30.9 Å². The maximum absolute atomic E-state index is 15.2. The summed E-state index contributed by atoms with van der Waals surface area (Å²) >= 11 is 7.84. The summed E-state index contributed by atoms with van der Waals surface area (Å²) in [6.07, 6.45) is 3.90. The van der Waals surface area contributed by atoms with Gasteiger partial charge in [0, 0.05) is 23.8 Å². The number of nitrogens with one attached hydrogen (secondary N) is 2. The number of hydrogen-bond acceptors (Lipinski definition) is 7. The Bertz CT molecular complexity index is 1180. The molecule has 0 saturated heterocycles. The van der Waals surface area contributed by atoms with Crippen LogP contribution in [0.15, 0.2) is 46.2 Å². The lowest BCUT2D eigenvalue weighted by Gasteiger charge is -2.34. The molecule has 0 aromatic heterocycles. The summed E-state index contributed by atoms with van der Waals surface area (Å²) in [5.74, 6) is -1.41. The Morgan fingerprint density at radius 3 is 2.39 bits per heavy atom. The predicted octanol–water partition coefficient (Wildman–Crippen LogP) is 5.30. The van der Waals surface area contributed by atoms with Gasteiger partial charge in [-0.15, -0.1) is 11.8 Å². The molecule has 3 rings (SSSR count). The highest BCUT2D eigenvalue weighted by molar-refractivity contribution is 7.99. The summed E-state index contributed by atoms with van der Waals surface area (Å²) in [6.45, 7) is 0.709. The molecule has 1 aliphatic carbocycles. The smallest absolute Gasteiger partial charge is 0.265 e. The first kappa shape index (κ1) is 30.6. The Morgan fingerprint density at radius 1 is 1.16 bits per heavy atom. The molecule has 38 heavy (non-hydrogen) atoms. The number of methoxy groups -OCH3 is 1. The highest BCUT2D eigenvalue weighted by atomic mass is 35.5. The zero-order valence-electron chi connectivity index (χ0n) is 21.7. The maximum atomic E-state index is 15.2. The van der Waals surface area contributed by atoms with Gasteiger partial charge in [-0.05, 0) is 76.3 Å². The molecule has 210 valence electrons. The van der Waals surface area contributed by atoms with Crippen molar-refractivity contribution in [2.24, 2.45) is 0 Å². The fourth-order valence-corrected chi connectivity index (χ4v) is 6.69. The van der Waals surface area contributed by atoms with E-state index >= 15 is 4.39 Å². The van der Waals surface area contributed by atoms with E-state index in [1.165, 1.54) is 31.0 Å². The largest absolute Gasteiger partial charge is 0.378 e. The lowest BCUT2D eigenvalue weighted by atomic mass is 9.84. The monoisotopic (exact) mass is 589 g/mol. The molecule has 7 nitrogen and oxygen atoms in total. The average molecular weight is 590 g/mol. The number of ether oxygens (including phenoxy) is 1. The van der Waals surface area contributed by atoms with Gasteiger partial charge in [0.25, 0.3) is 15.9 Å². The van der Waals surface area contributed by atoms with Crippen LogP contribution in [0.3, 0.4) is 0 Å². The molecule has 0 radical (unpaired) electrons. The molecule has 2 aromatic carbocycles. The molecule has 2 N–H and O–H groups in total. The zero-order valence-corrected chi connectivity index (χ0v) is 24.1. The Morgan fingerprint density at radius 2 is 1.82 bits per heavy atom. The lowest BCUT2D eigenvalue weighted by molar-refractivity contribution is -0.145. The fraction of sp³-hybridized carbons (Fsp3) is 0.500. The third kappa shape index (κ3) is 8.05. The number of rotatable bonds is 12. The van der Waals surface area contributed by atoms with Crippen LogP contribution in [0.25, 0.3) is 0 Å². The third-order valence-electron chi connectivity index (χ3n) is 6.56. The molecular weight excluding hydrogens is 556 g/mol. The summed E-state index contributed by atoms with van der Waals surface area (Å²) in [6, 6.07) is 7.84. The van der Waals surface area contributed by atoms with E-state index in [0.717, 1.165) is 36.3 Å². The van der Waals surface area contributed by atoms with E-state index in [1.807, 2.05) is 19.0 Å². The van der Waals surface area contributed by atoms with E-state index in [0.29, 0.717) is 31.6 Å². The normalized spacial score (nSPS) is 16.3.